The van der Waals surface area contributed by atoms with Gasteiger partial charge in [0.05, 0.1) is 12.5 Å². The maximum atomic E-state index is 11.7. The van der Waals surface area contributed by atoms with Crippen LogP contribution < -0.4 is 10.3 Å². The number of furan rings is 1. The molecule has 2 rings (SSSR count). The first-order chi connectivity index (χ1) is 11.2. The Hall–Kier alpha value is -2.56. The van der Waals surface area contributed by atoms with Crippen molar-refractivity contribution in [2.45, 2.75) is 26.7 Å². The smallest absolute Gasteiger partial charge is 0.307 e. The van der Waals surface area contributed by atoms with E-state index in [4.69, 9.17) is 4.42 Å². The zero-order valence-electron chi connectivity index (χ0n) is 13.7. The average Bonchev–Trinajstić information content (AvgIpc) is 3.10. The highest BCUT2D eigenvalue weighted by molar-refractivity contribution is 5.92. The van der Waals surface area contributed by atoms with Crippen LogP contribution in [-0.2, 0) is 0 Å². The van der Waals surface area contributed by atoms with Gasteiger partial charge in [-0.25, -0.2) is 5.43 Å². The van der Waals surface area contributed by atoms with Gasteiger partial charge in [0, 0.05) is 18.8 Å². The maximum absolute atomic E-state index is 11.7. The fourth-order valence-corrected chi connectivity index (χ4v) is 2.31. The quantitative estimate of drug-likeness (QED) is 0.597. The Balaban J connectivity index is 1.93. The number of nitrogens with zero attached hydrogens (tertiary/aromatic N) is 2. The molecule has 0 saturated heterocycles. The number of hydrogen-bond donors (Lipinski definition) is 1. The molecule has 5 nitrogen and oxygen atoms in total. The summed E-state index contributed by atoms with van der Waals surface area (Å²) in [5.74, 6) is -0.118. The molecular formula is C18H23N3O2. The highest BCUT2D eigenvalue weighted by Gasteiger charge is 2.06. The Labute approximate surface area is 137 Å². The molecule has 0 aliphatic rings. The molecule has 0 saturated carbocycles. The highest BCUT2D eigenvalue weighted by atomic mass is 16.3. The van der Waals surface area contributed by atoms with E-state index in [2.05, 4.69) is 41.4 Å². The summed E-state index contributed by atoms with van der Waals surface area (Å²) in [5.41, 5.74) is 4.58. The molecule has 122 valence electrons. The SMILES string of the molecule is CCCN(CCC)c1ccc(/C=N/NC(=O)c2ccco2)cc1. The molecule has 23 heavy (non-hydrogen) atoms. The van der Waals surface area contributed by atoms with Crippen molar-refractivity contribution in [1.29, 1.82) is 0 Å². The van der Waals surface area contributed by atoms with E-state index in [1.807, 2.05) is 12.1 Å². The summed E-state index contributed by atoms with van der Waals surface area (Å²) in [4.78, 5) is 14.0. The fourth-order valence-electron chi connectivity index (χ4n) is 2.31. The molecule has 0 aliphatic heterocycles. The van der Waals surface area contributed by atoms with Crippen LogP contribution in [0.25, 0.3) is 0 Å². The summed E-state index contributed by atoms with van der Waals surface area (Å²) in [6.45, 7) is 6.48. The lowest BCUT2D eigenvalue weighted by Crippen LogP contribution is -2.24. The van der Waals surface area contributed by atoms with Crippen LogP contribution in [0.2, 0.25) is 0 Å². The molecule has 1 heterocycles. The predicted octanol–water partition coefficient (Wildman–Crippen LogP) is 3.67. The van der Waals surface area contributed by atoms with Crippen molar-refractivity contribution in [2.75, 3.05) is 18.0 Å². The van der Waals surface area contributed by atoms with Gasteiger partial charge in [0.2, 0.25) is 0 Å². The molecule has 0 atom stereocenters. The zero-order valence-corrected chi connectivity index (χ0v) is 13.7. The minimum Gasteiger partial charge on any atom is -0.459 e. The van der Waals surface area contributed by atoms with Gasteiger partial charge >= 0.3 is 5.91 Å². The minimum atomic E-state index is -0.361. The van der Waals surface area contributed by atoms with Crippen molar-refractivity contribution >= 4 is 17.8 Å². The van der Waals surface area contributed by atoms with Gasteiger partial charge in [0.1, 0.15) is 0 Å². The Morgan fingerprint density at radius 2 is 1.87 bits per heavy atom. The van der Waals surface area contributed by atoms with Crippen LogP contribution in [0, 0.1) is 0 Å². The summed E-state index contributed by atoms with van der Waals surface area (Å²) in [6, 6.07) is 11.4. The molecule has 0 spiro atoms. The van der Waals surface area contributed by atoms with Crippen molar-refractivity contribution < 1.29 is 9.21 Å². The van der Waals surface area contributed by atoms with Crippen molar-refractivity contribution in [3.05, 3.63) is 54.0 Å². The van der Waals surface area contributed by atoms with Crippen molar-refractivity contribution in [3.8, 4) is 0 Å². The number of anilines is 1. The number of benzene rings is 1. The lowest BCUT2D eigenvalue weighted by atomic mass is 10.2. The van der Waals surface area contributed by atoms with Gasteiger partial charge in [0.25, 0.3) is 0 Å². The van der Waals surface area contributed by atoms with Gasteiger partial charge in [0.15, 0.2) is 5.76 Å². The summed E-state index contributed by atoms with van der Waals surface area (Å²) >= 11 is 0. The van der Waals surface area contributed by atoms with Crippen LogP contribution in [0.3, 0.4) is 0 Å². The second kappa shape index (κ2) is 8.78. The Kier molecular flexibility index (Phi) is 6.41. The van der Waals surface area contributed by atoms with Crippen LogP contribution in [0.15, 0.2) is 52.2 Å². The molecule has 0 aliphatic carbocycles. The largest absolute Gasteiger partial charge is 0.459 e. The lowest BCUT2D eigenvalue weighted by molar-refractivity contribution is 0.0927. The topological polar surface area (TPSA) is 57.8 Å². The summed E-state index contributed by atoms with van der Waals surface area (Å²) in [7, 11) is 0. The average molecular weight is 313 g/mol. The number of hydrazone groups is 1. The highest BCUT2D eigenvalue weighted by Crippen LogP contribution is 2.15. The normalized spacial score (nSPS) is 10.9. The molecule has 0 fully saturated rings. The standard InChI is InChI=1S/C18H23N3O2/c1-3-11-21(12-4-2)16-9-7-15(8-10-16)14-19-20-18(22)17-6-5-13-23-17/h5-10,13-14H,3-4,11-12H2,1-2H3,(H,20,22)/b19-14+. The third-order valence-electron chi connectivity index (χ3n) is 3.37. The number of amides is 1. The van der Waals surface area contributed by atoms with Gasteiger partial charge in [-0.15, -0.1) is 0 Å². The van der Waals surface area contributed by atoms with E-state index in [0.29, 0.717) is 0 Å². The van der Waals surface area contributed by atoms with Gasteiger partial charge in [-0.3, -0.25) is 4.79 Å². The van der Waals surface area contributed by atoms with Crippen LogP contribution in [-0.4, -0.2) is 25.2 Å². The van der Waals surface area contributed by atoms with E-state index >= 15 is 0 Å². The summed E-state index contributed by atoms with van der Waals surface area (Å²) in [6.07, 6.45) is 5.33. The first kappa shape index (κ1) is 16.8. The molecule has 1 N–H and O–H groups in total. The van der Waals surface area contributed by atoms with E-state index in [1.165, 1.54) is 12.0 Å². The van der Waals surface area contributed by atoms with Gasteiger partial charge < -0.3 is 9.32 Å². The minimum absolute atomic E-state index is 0.243. The van der Waals surface area contributed by atoms with E-state index in [0.717, 1.165) is 31.5 Å². The molecule has 0 radical (unpaired) electrons. The second-order valence-corrected chi connectivity index (χ2v) is 5.26. The van der Waals surface area contributed by atoms with Crippen LogP contribution in [0.5, 0.6) is 0 Å². The Morgan fingerprint density at radius 1 is 1.17 bits per heavy atom. The van der Waals surface area contributed by atoms with Crippen LogP contribution >= 0.6 is 0 Å². The van der Waals surface area contributed by atoms with E-state index in [1.54, 1.807) is 18.3 Å². The van der Waals surface area contributed by atoms with Crippen molar-refractivity contribution in [2.24, 2.45) is 5.10 Å². The lowest BCUT2D eigenvalue weighted by Gasteiger charge is -2.23. The number of carbonyl (C=O) groups is 1. The predicted molar refractivity (Wildman–Crippen MR) is 93.0 cm³/mol. The fraction of sp³-hybridized carbons (Fsp3) is 0.333. The number of carbonyl (C=O) groups excluding carboxylic acids is 1. The van der Waals surface area contributed by atoms with E-state index in [-0.39, 0.29) is 11.7 Å². The summed E-state index contributed by atoms with van der Waals surface area (Å²) in [5, 5.41) is 3.95. The van der Waals surface area contributed by atoms with Crippen LogP contribution in [0.4, 0.5) is 5.69 Å². The first-order valence-electron chi connectivity index (χ1n) is 7.96. The van der Waals surface area contributed by atoms with Crippen LogP contribution in [0.1, 0.15) is 42.8 Å². The Bertz CT molecular complexity index is 612. The second-order valence-electron chi connectivity index (χ2n) is 5.26. The monoisotopic (exact) mass is 313 g/mol. The molecule has 2 aromatic rings. The summed E-state index contributed by atoms with van der Waals surface area (Å²) < 4.78 is 4.99. The van der Waals surface area contributed by atoms with Gasteiger partial charge in [-0.1, -0.05) is 26.0 Å². The molecule has 1 aromatic heterocycles. The molecule has 0 bridgehead atoms. The molecule has 5 heteroatoms. The Morgan fingerprint density at radius 3 is 2.43 bits per heavy atom. The molecule has 0 unspecified atom stereocenters. The molecule has 1 aromatic carbocycles. The third-order valence-corrected chi connectivity index (χ3v) is 3.37. The molecule has 1 amide bonds. The number of rotatable bonds is 8. The van der Waals surface area contributed by atoms with E-state index in [9.17, 15) is 4.79 Å². The zero-order chi connectivity index (χ0) is 16.5. The van der Waals surface area contributed by atoms with Gasteiger partial charge in [-0.2, -0.15) is 5.10 Å². The van der Waals surface area contributed by atoms with Crippen molar-refractivity contribution in [3.63, 3.8) is 0 Å². The van der Waals surface area contributed by atoms with E-state index < -0.39 is 0 Å². The van der Waals surface area contributed by atoms with Crippen molar-refractivity contribution in [1.82, 2.24) is 5.43 Å². The third kappa shape index (κ3) is 4.98. The maximum Gasteiger partial charge on any atom is 0.307 e. The number of nitrogens with one attached hydrogen (secondary N) is 1. The number of hydrogen-bond acceptors (Lipinski definition) is 4. The molecular weight excluding hydrogens is 290 g/mol. The first-order valence-corrected chi connectivity index (χ1v) is 7.96. The van der Waals surface area contributed by atoms with Gasteiger partial charge in [-0.05, 0) is 42.7 Å².